The van der Waals surface area contributed by atoms with Crippen LogP contribution in [0.4, 0.5) is 5.69 Å². The van der Waals surface area contributed by atoms with Gasteiger partial charge in [-0.2, -0.15) is 0 Å². The van der Waals surface area contributed by atoms with E-state index in [1.165, 1.54) is 27.6 Å². The zero-order chi connectivity index (χ0) is 16.3. The number of halogens is 2. The second kappa shape index (κ2) is 5.48. The fourth-order valence-electron chi connectivity index (χ4n) is 3.94. The van der Waals surface area contributed by atoms with Crippen LogP contribution in [0.2, 0.25) is 5.02 Å². The molecule has 120 valence electrons. The van der Waals surface area contributed by atoms with Crippen LogP contribution in [0, 0.1) is 0 Å². The van der Waals surface area contributed by atoms with Crippen LogP contribution in [0.5, 0.6) is 0 Å². The monoisotopic (exact) mass is 399 g/mol. The van der Waals surface area contributed by atoms with E-state index in [0.717, 1.165) is 22.3 Å². The summed E-state index contributed by atoms with van der Waals surface area (Å²) in [4.78, 5) is 6.25. The Kier molecular flexibility index (Phi) is 3.37. The second-order valence-corrected chi connectivity index (χ2v) is 7.76. The molecule has 2 atom stereocenters. The van der Waals surface area contributed by atoms with Crippen molar-refractivity contribution >= 4 is 44.0 Å². The van der Waals surface area contributed by atoms with Gasteiger partial charge in [-0.1, -0.05) is 63.9 Å². The summed E-state index contributed by atoms with van der Waals surface area (Å²) in [7, 11) is 0. The number of fused-ring (bicyclic) bond motifs is 6. The first-order valence-electron chi connectivity index (χ1n) is 8.12. The topological polar surface area (TPSA) is 12.5 Å². The number of rotatable bonds is 1. The number of hydrogen-bond donors (Lipinski definition) is 0. The molecule has 1 fully saturated rings. The quantitative estimate of drug-likeness (QED) is 0.492. The minimum Gasteiger partial charge on any atom is -0.269 e. The molecule has 2 nitrogen and oxygen atoms in total. The van der Waals surface area contributed by atoms with Gasteiger partial charge in [0.25, 0.3) is 0 Å². The summed E-state index contributed by atoms with van der Waals surface area (Å²) >= 11 is 9.79. The van der Waals surface area contributed by atoms with E-state index in [-0.39, 0.29) is 12.1 Å². The highest BCUT2D eigenvalue weighted by Gasteiger charge is 2.41. The molecule has 0 aromatic heterocycles. The Morgan fingerprint density at radius 2 is 1.79 bits per heavy atom. The van der Waals surface area contributed by atoms with E-state index < -0.39 is 0 Å². The first-order valence-corrected chi connectivity index (χ1v) is 9.29. The van der Waals surface area contributed by atoms with Crippen molar-refractivity contribution in [1.29, 1.82) is 0 Å². The largest absolute Gasteiger partial charge is 0.269 e. The molecule has 3 aromatic carbocycles. The van der Waals surface area contributed by atoms with Crippen molar-refractivity contribution in [3.05, 3.63) is 75.2 Å². The molecule has 0 amide bonds. The summed E-state index contributed by atoms with van der Waals surface area (Å²) in [6.07, 6.45) is 2.20. The van der Waals surface area contributed by atoms with E-state index >= 15 is 0 Å². The summed E-state index contributed by atoms with van der Waals surface area (Å²) in [6.45, 7) is 0. The van der Waals surface area contributed by atoms with Gasteiger partial charge in [-0.25, -0.2) is 5.06 Å². The number of hydrogen-bond acceptors (Lipinski definition) is 2. The average Bonchev–Trinajstić information content (AvgIpc) is 2.93. The molecule has 0 radical (unpaired) electrons. The van der Waals surface area contributed by atoms with Crippen molar-refractivity contribution in [3.63, 3.8) is 0 Å². The van der Waals surface area contributed by atoms with Crippen LogP contribution < -0.4 is 5.06 Å². The molecule has 0 saturated carbocycles. The van der Waals surface area contributed by atoms with Crippen LogP contribution in [-0.2, 0) is 11.3 Å². The molecule has 24 heavy (non-hydrogen) atoms. The van der Waals surface area contributed by atoms with Gasteiger partial charge in [0.2, 0.25) is 0 Å². The lowest BCUT2D eigenvalue weighted by Crippen LogP contribution is -2.27. The fourth-order valence-corrected chi connectivity index (χ4v) is 4.69. The van der Waals surface area contributed by atoms with Crippen LogP contribution in [0.15, 0.2) is 59.1 Å². The van der Waals surface area contributed by atoms with Crippen molar-refractivity contribution in [2.24, 2.45) is 0 Å². The van der Waals surface area contributed by atoms with Crippen molar-refractivity contribution < 1.29 is 4.84 Å². The van der Waals surface area contributed by atoms with Crippen LogP contribution in [0.25, 0.3) is 10.8 Å². The smallest absolute Gasteiger partial charge is 0.0921 e. The lowest BCUT2D eigenvalue weighted by molar-refractivity contribution is 0.0741. The molecule has 4 heteroatoms. The first kappa shape index (κ1) is 14.8. The molecule has 2 heterocycles. The third kappa shape index (κ3) is 2.19. The highest BCUT2D eigenvalue weighted by atomic mass is 79.9. The van der Waals surface area contributed by atoms with Gasteiger partial charge >= 0.3 is 0 Å². The molecule has 0 unspecified atom stereocenters. The molecule has 5 rings (SSSR count). The lowest BCUT2D eigenvalue weighted by atomic mass is 9.99. The Hall–Kier alpha value is -1.55. The summed E-state index contributed by atoms with van der Waals surface area (Å²) in [5.74, 6) is 0. The maximum absolute atomic E-state index is 6.25. The van der Waals surface area contributed by atoms with Gasteiger partial charge < -0.3 is 0 Å². The molecule has 2 bridgehead atoms. The van der Waals surface area contributed by atoms with Gasteiger partial charge in [0.1, 0.15) is 0 Å². The van der Waals surface area contributed by atoms with E-state index in [2.05, 4.69) is 63.5 Å². The van der Waals surface area contributed by atoms with Crippen molar-refractivity contribution in [2.45, 2.75) is 25.0 Å². The van der Waals surface area contributed by atoms with Crippen LogP contribution in [0.3, 0.4) is 0 Å². The third-order valence-corrected chi connectivity index (χ3v) is 5.91. The molecule has 3 aromatic rings. The zero-order valence-electron chi connectivity index (χ0n) is 12.9. The maximum Gasteiger partial charge on any atom is 0.0921 e. The van der Waals surface area contributed by atoms with Gasteiger partial charge in [-0.05, 0) is 34.7 Å². The fraction of sp³-hybridized carbons (Fsp3) is 0.200. The first-order chi connectivity index (χ1) is 11.7. The number of nitrogens with zero attached hydrogens (tertiary/aromatic N) is 1. The Labute approximate surface area is 154 Å². The minimum absolute atomic E-state index is 0.234. The summed E-state index contributed by atoms with van der Waals surface area (Å²) in [5, 5.41) is 5.35. The number of anilines is 1. The lowest BCUT2D eigenvalue weighted by Gasteiger charge is -2.31. The van der Waals surface area contributed by atoms with Crippen molar-refractivity contribution in [2.75, 3.05) is 5.06 Å². The van der Waals surface area contributed by atoms with Gasteiger partial charge in [0.05, 0.1) is 17.8 Å². The van der Waals surface area contributed by atoms with E-state index in [1.807, 2.05) is 12.1 Å². The predicted octanol–water partition coefficient (Wildman–Crippen LogP) is 6.06. The van der Waals surface area contributed by atoms with Gasteiger partial charge in [-0.3, -0.25) is 4.84 Å². The molecule has 2 aliphatic rings. The molecule has 0 spiro atoms. The second-order valence-electron chi connectivity index (χ2n) is 6.47. The molecular formula is C20H15BrClNO. The van der Waals surface area contributed by atoms with E-state index in [4.69, 9.17) is 16.4 Å². The Morgan fingerprint density at radius 3 is 2.58 bits per heavy atom. The molecule has 1 saturated heterocycles. The number of benzene rings is 3. The van der Waals surface area contributed by atoms with E-state index in [9.17, 15) is 0 Å². The molecule has 2 aliphatic heterocycles. The third-order valence-electron chi connectivity index (χ3n) is 5.00. The minimum atomic E-state index is 0.234. The summed E-state index contributed by atoms with van der Waals surface area (Å²) < 4.78 is 1.15. The zero-order valence-corrected chi connectivity index (χ0v) is 15.2. The molecular weight excluding hydrogens is 386 g/mol. The molecule has 0 aliphatic carbocycles. The van der Waals surface area contributed by atoms with E-state index in [0.29, 0.717) is 0 Å². The Balaban J connectivity index is 1.70. The maximum atomic E-state index is 6.25. The highest BCUT2D eigenvalue weighted by Crippen LogP contribution is 2.49. The standard InChI is InChI=1S/C20H15BrClNO/c21-18-10-13-9-15-11-19(12-5-7-14(22)8-6-12)23(24-15)20(13)17-4-2-1-3-16(17)18/h1-8,10,15,19H,9,11H2/t15-,19+/m0/s1. The Bertz CT molecular complexity index is 940. The Morgan fingerprint density at radius 1 is 1.04 bits per heavy atom. The van der Waals surface area contributed by atoms with Crippen LogP contribution >= 0.6 is 27.5 Å². The summed E-state index contributed by atoms with van der Waals surface area (Å²) in [6, 6.07) is 19.1. The van der Waals surface area contributed by atoms with Crippen LogP contribution in [0.1, 0.15) is 23.6 Å². The highest BCUT2D eigenvalue weighted by molar-refractivity contribution is 9.10. The SMILES string of the molecule is Clc1ccc([C@H]2C[C@@H]3Cc4cc(Br)c5ccccc5c4N2O3)cc1. The van der Waals surface area contributed by atoms with Gasteiger partial charge in [0, 0.05) is 27.7 Å². The van der Waals surface area contributed by atoms with Crippen molar-refractivity contribution in [3.8, 4) is 0 Å². The van der Waals surface area contributed by atoms with Gasteiger partial charge in [-0.15, -0.1) is 0 Å². The van der Waals surface area contributed by atoms with Crippen molar-refractivity contribution in [1.82, 2.24) is 0 Å². The van der Waals surface area contributed by atoms with E-state index in [1.54, 1.807) is 0 Å². The number of hydroxylamine groups is 1. The summed E-state index contributed by atoms with van der Waals surface area (Å²) in [5.41, 5.74) is 3.82. The van der Waals surface area contributed by atoms with Crippen LogP contribution in [-0.4, -0.2) is 6.10 Å². The normalized spacial score (nSPS) is 22.0. The van der Waals surface area contributed by atoms with Gasteiger partial charge in [0.15, 0.2) is 0 Å². The molecule has 0 N–H and O–H groups in total. The predicted molar refractivity (Wildman–Crippen MR) is 102 cm³/mol. The average molecular weight is 401 g/mol.